The van der Waals surface area contributed by atoms with Gasteiger partial charge in [0, 0.05) is 14.2 Å². The molecular weight excluding hydrogens is 192 g/mol. The van der Waals surface area contributed by atoms with Gasteiger partial charge in [-0.15, -0.1) is 0 Å². The lowest BCUT2D eigenvalue weighted by Crippen LogP contribution is -2.03. The smallest absolute Gasteiger partial charge is 0.150 e. The normalized spacial score (nSPS) is 12.1. The number of aromatic nitrogens is 3. The standard InChI is InChI=1S/C10H18N4O/c1-14-10(12-8-13-14)6-9(7-15-2)4-3-5-11/h6,8H,3-5,7,11H2,1-2H3. The maximum absolute atomic E-state index is 5.48. The Morgan fingerprint density at radius 1 is 1.67 bits per heavy atom. The van der Waals surface area contributed by atoms with E-state index < -0.39 is 0 Å². The predicted octanol–water partition coefficient (Wildman–Crippen LogP) is 0.584. The Labute approximate surface area is 89.9 Å². The Morgan fingerprint density at radius 2 is 2.47 bits per heavy atom. The largest absolute Gasteiger partial charge is 0.380 e. The highest BCUT2D eigenvalue weighted by Crippen LogP contribution is 2.09. The highest BCUT2D eigenvalue weighted by atomic mass is 16.5. The van der Waals surface area contributed by atoms with Gasteiger partial charge in [0.1, 0.15) is 12.2 Å². The van der Waals surface area contributed by atoms with Gasteiger partial charge in [-0.3, -0.25) is 0 Å². The topological polar surface area (TPSA) is 66.0 Å². The maximum Gasteiger partial charge on any atom is 0.150 e. The molecule has 84 valence electrons. The Balaban J connectivity index is 2.69. The highest BCUT2D eigenvalue weighted by Gasteiger charge is 2.01. The van der Waals surface area contributed by atoms with E-state index in [2.05, 4.69) is 10.1 Å². The molecule has 0 spiro atoms. The first-order chi connectivity index (χ1) is 7.27. The van der Waals surface area contributed by atoms with Gasteiger partial charge in [0.05, 0.1) is 6.61 Å². The van der Waals surface area contributed by atoms with E-state index in [1.54, 1.807) is 18.1 Å². The SMILES string of the molecule is COCC(=Cc1ncnn1C)CCCN. The summed E-state index contributed by atoms with van der Waals surface area (Å²) in [5.74, 6) is 0.846. The van der Waals surface area contributed by atoms with E-state index in [4.69, 9.17) is 10.5 Å². The number of hydrogen-bond acceptors (Lipinski definition) is 4. The van der Waals surface area contributed by atoms with Crippen molar-refractivity contribution in [3.63, 3.8) is 0 Å². The Hall–Kier alpha value is -1.20. The van der Waals surface area contributed by atoms with Crippen molar-refractivity contribution >= 4 is 6.08 Å². The molecule has 15 heavy (non-hydrogen) atoms. The Morgan fingerprint density at radius 3 is 3.00 bits per heavy atom. The third-order valence-corrected chi connectivity index (χ3v) is 2.11. The first-order valence-corrected chi connectivity index (χ1v) is 5.00. The molecule has 0 fully saturated rings. The Bertz CT molecular complexity index is 319. The molecule has 0 saturated carbocycles. The van der Waals surface area contributed by atoms with Crippen molar-refractivity contribution in [3.05, 3.63) is 17.7 Å². The molecule has 0 aromatic carbocycles. The van der Waals surface area contributed by atoms with Crippen molar-refractivity contribution in [3.8, 4) is 0 Å². The fourth-order valence-corrected chi connectivity index (χ4v) is 1.32. The van der Waals surface area contributed by atoms with Gasteiger partial charge >= 0.3 is 0 Å². The van der Waals surface area contributed by atoms with E-state index in [9.17, 15) is 0 Å². The highest BCUT2D eigenvalue weighted by molar-refractivity contribution is 5.45. The zero-order chi connectivity index (χ0) is 11.1. The summed E-state index contributed by atoms with van der Waals surface area (Å²) in [6.45, 7) is 1.31. The van der Waals surface area contributed by atoms with Crippen LogP contribution in [0, 0.1) is 0 Å². The number of nitrogens with zero attached hydrogens (tertiary/aromatic N) is 3. The molecule has 1 rings (SSSR count). The van der Waals surface area contributed by atoms with Crippen LogP contribution in [-0.4, -0.2) is 35.0 Å². The third kappa shape index (κ3) is 3.81. The number of ether oxygens (including phenoxy) is 1. The van der Waals surface area contributed by atoms with Crippen molar-refractivity contribution in [1.29, 1.82) is 0 Å². The van der Waals surface area contributed by atoms with E-state index in [-0.39, 0.29) is 0 Å². The molecule has 0 atom stereocenters. The molecule has 2 N–H and O–H groups in total. The fraction of sp³-hybridized carbons (Fsp3) is 0.600. The molecule has 0 unspecified atom stereocenters. The number of rotatable bonds is 6. The zero-order valence-electron chi connectivity index (χ0n) is 9.31. The lowest BCUT2D eigenvalue weighted by molar-refractivity contribution is 0.223. The summed E-state index contributed by atoms with van der Waals surface area (Å²) in [6, 6.07) is 0. The maximum atomic E-state index is 5.48. The van der Waals surface area contributed by atoms with E-state index >= 15 is 0 Å². The molecule has 0 aliphatic rings. The Kier molecular flexibility index (Phi) is 5.00. The lowest BCUT2D eigenvalue weighted by atomic mass is 10.1. The molecule has 5 heteroatoms. The van der Waals surface area contributed by atoms with Crippen LogP contribution in [0.25, 0.3) is 6.08 Å². The van der Waals surface area contributed by atoms with Crippen LogP contribution in [0.1, 0.15) is 18.7 Å². The molecule has 0 amide bonds. The molecule has 0 saturated heterocycles. The quantitative estimate of drug-likeness (QED) is 0.746. The summed E-state index contributed by atoms with van der Waals surface area (Å²) in [7, 11) is 3.55. The van der Waals surface area contributed by atoms with Crippen LogP contribution in [0.2, 0.25) is 0 Å². The van der Waals surface area contributed by atoms with Gasteiger partial charge in [0.2, 0.25) is 0 Å². The summed E-state index contributed by atoms with van der Waals surface area (Å²) < 4.78 is 6.86. The molecule has 0 aliphatic heterocycles. The van der Waals surface area contributed by atoms with Crippen molar-refractivity contribution in [2.45, 2.75) is 12.8 Å². The van der Waals surface area contributed by atoms with Crippen molar-refractivity contribution in [2.75, 3.05) is 20.3 Å². The average Bonchev–Trinajstić information content (AvgIpc) is 2.61. The lowest BCUT2D eigenvalue weighted by Gasteiger charge is -2.05. The van der Waals surface area contributed by atoms with Crippen LogP contribution < -0.4 is 5.73 Å². The second-order valence-electron chi connectivity index (χ2n) is 3.37. The first-order valence-electron chi connectivity index (χ1n) is 5.00. The zero-order valence-corrected chi connectivity index (χ0v) is 9.31. The van der Waals surface area contributed by atoms with Crippen LogP contribution in [0.15, 0.2) is 11.9 Å². The van der Waals surface area contributed by atoms with Crippen LogP contribution in [0.4, 0.5) is 0 Å². The van der Waals surface area contributed by atoms with Gasteiger partial charge in [-0.05, 0) is 31.0 Å². The monoisotopic (exact) mass is 210 g/mol. The first kappa shape index (κ1) is 11.9. The molecule has 0 aliphatic carbocycles. The number of nitrogens with two attached hydrogens (primary N) is 1. The summed E-state index contributed by atoms with van der Waals surface area (Å²) in [4.78, 5) is 4.13. The average molecular weight is 210 g/mol. The van der Waals surface area contributed by atoms with Crippen LogP contribution in [0.5, 0.6) is 0 Å². The number of methoxy groups -OCH3 is 1. The molecule has 0 bridgehead atoms. The minimum Gasteiger partial charge on any atom is -0.380 e. The van der Waals surface area contributed by atoms with E-state index in [1.165, 1.54) is 5.57 Å². The molecule has 1 aromatic heterocycles. The molecule has 5 nitrogen and oxygen atoms in total. The van der Waals surface area contributed by atoms with Gasteiger partial charge in [0.25, 0.3) is 0 Å². The van der Waals surface area contributed by atoms with Crippen LogP contribution in [0.3, 0.4) is 0 Å². The number of hydrogen-bond donors (Lipinski definition) is 1. The van der Waals surface area contributed by atoms with Gasteiger partial charge in [-0.2, -0.15) is 5.10 Å². The summed E-state index contributed by atoms with van der Waals surface area (Å²) in [5, 5.41) is 4.01. The summed E-state index contributed by atoms with van der Waals surface area (Å²) in [6.07, 6.45) is 5.45. The molecule has 1 heterocycles. The second-order valence-corrected chi connectivity index (χ2v) is 3.37. The summed E-state index contributed by atoms with van der Waals surface area (Å²) in [5.41, 5.74) is 6.67. The molecule has 1 aromatic rings. The van der Waals surface area contributed by atoms with E-state index in [1.807, 2.05) is 13.1 Å². The predicted molar refractivity (Wildman–Crippen MR) is 59.1 cm³/mol. The third-order valence-electron chi connectivity index (χ3n) is 2.11. The van der Waals surface area contributed by atoms with E-state index in [0.717, 1.165) is 18.7 Å². The summed E-state index contributed by atoms with van der Waals surface area (Å²) >= 11 is 0. The van der Waals surface area contributed by atoms with Crippen LogP contribution in [-0.2, 0) is 11.8 Å². The van der Waals surface area contributed by atoms with E-state index in [0.29, 0.717) is 13.2 Å². The van der Waals surface area contributed by atoms with Crippen molar-refractivity contribution < 1.29 is 4.74 Å². The van der Waals surface area contributed by atoms with Gasteiger partial charge in [-0.25, -0.2) is 9.67 Å². The minimum absolute atomic E-state index is 0.618. The van der Waals surface area contributed by atoms with Gasteiger partial charge in [0.15, 0.2) is 0 Å². The fourth-order valence-electron chi connectivity index (χ4n) is 1.32. The van der Waals surface area contributed by atoms with Crippen molar-refractivity contribution in [1.82, 2.24) is 14.8 Å². The van der Waals surface area contributed by atoms with Gasteiger partial charge < -0.3 is 10.5 Å². The van der Waals surface area contributed by atoms with Crippen LogP contribution >= 0.6 is 0 Å². The van der Waals surface area contributed by atoms with Gasteiger partial charge in [-0.1, -0.05) is 0 Å². The molecule has 0 radical (unpaired) electrons. The van der Waals surface area contributed by atoms with Crippen molar-refractivity contribution in [2.24, 2.45) is 12.8 Å². The second kappa shape index (κ2) is 6.31. The molecular formula is C10H18N4O. The minimum atomic E-state index is 0.618. The number of aryl methyl sites for hydroxylation is 1.